The SMILES string of the molecule is CCOc1cc(/C=C2\N=C(c3ccc(Cl)c(Cl)c3)OC2=O)cc(Cl)c1OCc1ccccc1I. The minimum Gasteiger partial charge on any atom is -0.490 e. The van der Waals surface area contributed by atoms with Gasteiger partial charge in [0.2, 0.25) is 5.90 Å². The molecule has 0 spiro atoms. The Morgan fingerprint density at radius 1 is 1.00 bits per heavy atom. The van der Waals surface area contributed by atoms with Gasteiger partial charge < -0.3 is 14.2 Å². The highest BCUT2D eigenvalue weighted by molar-refractivity contribution is 14.1. The molecule has 0 N–H and O–H groups in total. The molecule has 9 heteroatoms. The van der Waals surface area contributed by atoms with Crippen LogP contribution in [-0.2, 0) is 16.1 Å². The van der Waals surface area contributed by atoms with Gasteiger partial charge in [0.15, 0.2) is 17.2 Å². The van der Waals surface area contributed by atoms with Crippen LogP contribution in [0.5, 0.6) is 11.5 Å². The molecule has 34 heavy (non-hydrogen) atoms. The third-order valence-electron chi connectivity index (χ3n) is 4.75. The number of nitrogens with zero attached hydrogens (tertiary/aromatic N) is 1. The third-order valence-corrected chi connectivity index (χ3v) is 6.82. The standard InChI is InChI=1S/C25H17Cl3INO4/c1-2-32-22-11-14(9-19(28)23(22)33-13-16-5-3-4-6-20(16)29)10-21-25(31)34-24(30-21)15-7-8-17(26)18(27)12-15/h3-12H,2,13H2,1H3/b21-10-. The Hall–Kier alpha value is -2.26. The normalized spacial score (nSPS) is 14.2. The predicted octanol–water partition coefficient (Wildman–Crippen LogP) is 7.57. The number of hydrogen-bond acceptors (Lipinski definition) is 5. The van der Waals surface area contributed by atoms with E-state index in [4.69, 9.17) is 49.0 Å². The molecule has 3 aromatic rings. The lowest BCUT2D eigenvalue weighted by molar-refractivity contribution is -0.129. The molecule has 174 valence electrons. The topological polar surface area (TPSA) is 57.1 Å². The molecule has 0 radical (unpaired) electrons. The Labute approximate surface area is 225 Å². The lowest BCUT2D eigenvalue weighted by Gasteiger charge is -2.15. The Bertz CT molecular complexity index is 1320. The largest absolute Gasteiger partial charge is 0.490 e. The van der Waals surface area contributed by atoms with Gasteiger partial charge in [-0.15, -0.1) is 0 Å². The molecule has 0 aliphatic carbocycles. The fourth-order valence-corrected chi connectivity index (χ4v) is 4.27. The van der Waals surface area contributed by atoms with E-state index in [-0.39, 0.29) is 11.6 Å². The van der Waals surface area contributed by atoms with E-state index in [1.165, 1.54) is 0 Å². The van der Waals surface area contributed by atoms with Gasteiger partial charge in [-0.3, -0.25) is 0 Å². The summed E-state index contributed by atoms with van der Waals surface area (Å²) in [5.74, 6) is 0.449. The second kappa shape index (κ2) is 11.0. The fourth-order valence-electron chi connectivity index (χ4n) is 3.16. The van der Waals surface area contributed by atoms with Crippen LogP contribution < -0.4 is 9.47 Å². The van der Waals surface area contributed by atoms with Crippen LogP contribution in [0.25, 0.3) is 6.08 Å². The second-order valence-electron chi connectivity index (χ2n) is 7.11. The molecule has 0 saturated carbocycles. The molecule has 0 saturated heterocycles. The van der Waals surface area contributed by atoms with E-state index in [9.17, 15) is 4.79 Å². The molecule has 1 aliphatic heterocycles. The Kier molecular flexibility index (Phi) is 8.03. The predicted molar refractivity (Wildman–Crippen MR) is 143 cm³/mol. The second-order valence-corrected chi connectivity index (χ2v) is 9.49. The van der Waals surface area contributed by atoms with Gasteiger partial charge in [0.1, 0.15) is 6.61 Å². The van der Waals surface area contributed by atoms with E-state index < -0.39 is 5.97 Å². The summed E-state index contributed by atoms with van der Waals surface area (Å²) in [5.41, 5.74) is 2.30. The number of carbonyl (C=O) groups excluding carboxylic acids is 1. The van der Waals surface area contributed by atoms with Gasteiger partial charge in [0.05, 0.1) is 21.7 Å². The zero-order valence-electron chi connectivity index (χ0n) is 17.8. The highest BCUT2D eigenvalue weighted by atomic mass is 127. The molecular weight excluding hydrogens is 612 g/mol. The van der Waals surface area contributed by atoms with Crippen LogP contribution in [0.3, 0.4) is 0 Å². The van der Waals surface area contributed by atoms with Crippen molar-refractivity contribution in [3.05, 3.63) is 95.6 Å². The number of benzene rings is 3. The van der Waals surface area contributed by atoms with Crippen molar-refractivity contribution in [3.8, 4) is 11.5 Å². The third kappa shape index (κ3) is 5.68. The summed E-state index contributed by atoms with van der Waals surface area (Å²) in [5, 5.41) is 1.08. The average molecular weight is 629 g/mol. The molecular formula is C25H17Cl3INO4. The summed E-state index contributed by atoms with van der Waals surface area (Å²) in [7, 11) is 0. The number of rotatable bonds is 7. The maximum absolute atomic E-state index is 12.4. The number of aliphatic imine (C=N–C) groups is 1. The van der Waals surface area contributed by atoms with E-state index >= 15 is 0 Å². The zero-order chi connectivity index (χ0) is 24.2. The number of halogens is 4. The highest BCUT2D eigenvalue weighted by Crippen LogP contribution is 2.38. The van der Waals surface area contributed by atoms with Gasteiger partial charge >= 0.3 is 5.97 Å². The van der Waals surface area contributed by atoms with Crippen molar-refractivity contribution < 1.29 is 19.0 Å². The maximum atomic E-state index is 12.4. The maximum Gasteiger partial charge on any atom is 0.363 e. The first kappa shape index (κ1) is 24.9. The molecule has 0 amide bonds. The molecule has 0 aromatic heterocycles. The lowest BCUT2D eigenvalue weighted by atomic mass is 10.1. The van der Waals surface area contributed by atoms with Crippen molar-refractivity contribution in [3.63, 3.8) is 0 Å². The van der Waals surface area contributed by atoms with Crippen molar-refractivity contribution in [2.24, 2.45) is 4.99 Å². The first-order chi connectivity index (χ1) is 16.4. The van der Waals surface area contributed by atoms with Crippen molar-refractivity contribution in [2.45, 2.75) is 13.5 Å². The van der Waals surface area contributed by atoms with Gasteiger partial charge in [0, 0.05) is 14.7 Å². The summed E-state index contributed by atoms with van der Waals surface area (Å²) < 4.78 is 18.2. The van der Waals surface area contributed by atoms with E-state index in [1.54, 1.807) is 36.4 Å². The Morgan fingerprint density at radius 2 is 1.79 bits per heavy atom. The van der Waals surface area contributed by atoms with Gasteiger partial charge in [-0.2, -0.15) is 0 Å². The van der Waals surface area contributed by atoms with E-state index in [0.717, 1.165) is 9.13 Å². The van der Waals surface area contributed by atoms with Gasteiger partial charge in [-0.25, -0.2) is 9.79 Å². The van der Waals surface area contributed by atoms with Gasteiger partial charge in [-0.05, 0) is 77.6 Å². The molecule has 4 rings (SSSR count). The number of carbonyl (C=O) groups is 1. The zero-order valence-corrected chi connectivity index (χ0v) is 22.2. The number of esters is 1. The minimum atomic E-state index is -0.589. The van der Waals surface area contributed by atoms with Gasteiger partial charge in [0.25, 0.3) is 0 Å². The van der Waals surface area contributed by atoms with Crippen molar-refractivity contribution in [1.29, 1.82) is 0 Å². The van der Waals surface area contributed by atoms with Crippen molar-refractivity contribution in [1.82, 2.24) is 0 Å². The van der Waals surface area contributed by atoms with Crippen molar-refractivity contribution in [2.75, 3.05) is 6.61 Å². The van der Waals surface area contributed by atoms with Gasteiger partial charge in [-0.1, -0.05) is 53.0 Å². The fraction of sp³-hybridized carbons (Fsp3) is 0.120. The highest BCUT2D eigenvalue weighted by Gasteiger charge is 2.25. The minimum absolute atomic E-state index is 0.118. The molecule has 3 aromatic carbocycles. The summed E-state index contributed by atoms with van der Waals surface area (Å²) in [6.45, 7) is 2.62. The van der Waals surface area contributed by atoms with Crippen LogP contribution in [-0.4, -0.2) is 18.5 Å². The van der Waals surface area contributed by atoms with Crippen LogP contribution in [0.1, 0.15) is 23.6 Å². The average Bonchev–Trinajstić information content (AvgIpc) is 3.16. The molecule has 1 aliphatic rings. The summed E-state index contributed by atoms with van der Waals surface area (Å²) in [6.07, 6.45) is 1.57. The Balaban J connectivity index is 1.62. The number of ether oxygens (including phenoxy) is 3. The van der Waals surface area contributed by atoms with Crippen molar-refractivity contribution >= 4 is 75.3 Å². The van der Waals surface area contributed by atoms with Crippen LogP contribution in [0, 0.1) is 3.57 Å². The molecule has 0 unspecified atom stereocenters. The van der Waals surface area contributed by atoms with Crippen LogP contribution >= 0.6 is 57.4 Å². The van der Waals surface area contributed by atoms with E-state index in [2.05, 4.69) is 27.6 Å². The van der Waals surface area contributed by atoms with Crippen LogP contribution in [0.2, 0.25) is 15.1 Å². The number of hydrogen-bond donors (Lipinski definition) is 0. The molecule has 5 nitrogen and oxygen atoms in total. The van der Waals surface area contributed by atoms with Crippen LogP contribution in [0.4, 0.5) is 0 Å². The molecule has 1 heterocycles. The first-order valence-corrected chi connectivity index (χ1v) is 12.4. The first-order valence-electron chi connectivity index (χ1n) is 10.2. The summed E-state index contributed by atoms with van der Waals surface area (Å²) in [4.78, 5) is 16.7. The monoisotopic (exact) mass is 627 g/mol. The van der Waals surface area contributed by atoms with E-state index in [0.29, 0.717) is 50.9 Å². The molecule has 0 bridgehead atoms. The smallest absolute Gasteiger partial charge is 0.363 e. The summed E-state index contributed by atoms with van der Waals surface area (Å²) >= 11 is 20.8. The van der Waals surface area contributed by atoms with Crippen LogP contribution in [0.15, 0.2) is 65.3 Å². The van der Waals surface area contributed by atoms with E-state index in [1.807, 2.05) is 31.2 Å². The lowest BCUT2D eigenvalue weighted by Crippen LogP contribution is -2.05. The summed E-state index contributed by atoms with van der Waals surface area (Å²) in [6, 6.07) is 16.2. The molecule has 0 fully saturated rings. The Morgan fingerprint density at radius 3 is 2.53 bits per heavy atom. The molecule has 0 atom stereocenters. The number of cyclic esters (lactones) is 1. The quantitative estimate of drug-likeness (QED) is 0.154.